The second kappa shape index (κ2) is 9.87. The zero-order valence-corrected chi connectivity index (χ0v) is 16.2. The Morgan fingerprint density at radius 1 is 0.931 bits per heavy atom. The highest BCUT2D eigenvalue weighted by Gasteiger charge is 2.26. The lowest BCUT2D eigenvalue weighted by molar-refractivity contribution is -0.154. The van der Waals surface area contributed by atoms with E-state index in [1.807, 2.05) is 30.3 Å². The molecule has 6 heteroatoms. The van der Waals surface area contributed by atoms with Crippen molar-refractivity contribution in [3.8, 4) is 11.1 Å². The quantitative estimate of drug-likeness (QED) is 0.696. The average Bonchev–Trinajstić information content (AvgIpc) is 2.74. The molecule has 1 aliphatic rings. The molecule has 3 rings (SSSR count). The molecule has 152 valence electrons. The summed E-state index contributed by atoms with van der Waals surface area (Å²) in [5, 5.41) is 11.8. The van der Waals surface area contributed by atoms with E-state index < -0.39 is 23.9 Å². The molecule has 0 unspecified atom stereocenters. The van der Waals surface area contributed by atoms with Crippen molar-refractivity contribution in [3.63, 3.8) is 0 Å². The van der Waals surface area contributed by atoms with Gasteiger partial charge in [-0.3, -0.25) is 9.59 Å². The number of ether oxygens (including phenoxy) is 1. The molecule has 2 N–H and O–H groups in total. The first-order valence-electron chi connectivity index (χ1n) is 9.91. The van der Waals surface area contributed by atoms with Gasteiger partial charge in [0.1, 0.15) is 12.1 Å². The molecule has 0 heterocycles. The van der Waals surface area contributed by atoms with Gasteiger partial charge in [0.2, 0.25) is 0 Å². The van der Waals surface area contributed by atoms with E-state index >= 15 is 0 Å². The van der Waals surface area contributed by atoms with Crippen LogP contribution in [0.5, 0.6) is 0 Å². The van der Waals surface area contributed by atoms with Crippen molar-refractivity contribution >= 4 is 17.8 Å². The van der Waals surface area contributed by atoms with Crippen LogP contribution in [0.15, 0.2) is 54.6 Å². The van der Waals surface area contributed by atoms with Crippen LogP contribution in [0.1, 0.15) is 48.9 Å². The summed E-state index contributed by atoms with van der Waals surface area (Å²) in [5.74, 6) is -2.40. The molecule has 1 aliphatic carbocycles. The van der Waals surface area contributed by atoms with Crippen molar-refractivity contribution in [3.05, 3.63) is 60.2 Å². The Balaban J connectivity index is 1.58. The van der Waals surface area contributed by atoms with Crippen LogP contribution in [-0.2, 0) is 14.3 Å². The molecule has 6 nitrogen and oxygen atoms in total. The highest BCUT2D eigenvalue weighted by atomic mass is 16.5. The third-order valence-electron chi connectivity index (χ3n) is 5.08. The van der Waals surface area contributed by atoms with Gasteiger partial charge in [-0.2, -0.15) is 0 Å². The minimum Gasteiger partial charge on any atom is -0.480 e. The number of carbonyl (C=O) groups is 3. The Morgan fingerprint density at radius 3 is 2.17 bits per heavy atom. The first-order chi connectivity index (χ1) is 14.0. The topological polar surface area (TPSA) is 92.7 Å². The number of amides is 1. The molecule has 0 aromatic heterocycles. The molecule has 0 bridgehead atoms. The third kappa shape index (κ3) is 5.91. The zero-order valence-electron chi connectivity index (χ0n) is 16.2. The fourth-order valence-electron chi connectivity index (χ4n) is 3.47. The van der Waals surface area contributed by atoms with E-state index in [0.717, 1.165) is 43.2 Å². The number of esters is 1. The van der Waals surface area contributed by atoms with Crippen LogP contribution in [0.4, 0.5) is 0 Å². The van der Waals surface area contributed by atoms with Crippen molar-refractivity contribution in [2.24, 2.45) is 0 Å². The Bertz CT molecular complexity index is 841. The van der Waals surface area contributed by atoms with E-state index in [0.29, 0.717) is 5.56 Å². The number of benzene rings is 2. The normalized spacial score (nSPS) is 15.3. The maximum Gasteiger partial charge on any atom is 0.326 e. The lowest BCUT2D eigenvalue weighted by Crippen LogP contribution is -2.42. The minimum absolute atomic E-state index is 0.146. The molecule has 0 radical (unpaired) electrons. The number of aliphatic carboxylic acids is 1. The van der Waals surface area contributed by atoms with Gasteiger partial charge in [0.05, 0.1) is 6.42 Å². The molecule has 0 spiro atoms. The molecule has 1 fully saturated rings. The number of carbonyl (C=O) groups excluding carboxylic acids is 2. The Kier molecular flexibility index (Phi) is 7.00. The number of carboxylic acids is 1. The van der Waals surface area contributed by atoms with E-state index in [1.165, 1.54) is 0 Å². The SMILES string of the molecule is O=C(C[C@H](NC(=O)c1ccc(-c2ccccc2)cc1)C(=O)O)OC1CCCCC1. The van der Waals surface area contributed by atoms with Gasteiger partial charge >= 0.3 is 11.9 Å². The number of nitrogens with one attached hydrogen (secondary N) is 1. The highest BCUT2D eigenvalue weighted by Crippen LogP contribution is 2.21. The van der Waals surface area contributed by atoms with E-state index in [-0.39, 0.29) is 12.5 Å². The van der Waals surface area contributed by atoms with Crippen molar-refractivity contribution in [1.82, 2.24) is 5.32 Å². The molecule has 2 aromatic rings. The number of rotatable bonds is 7. The maximum atomic E-state index is 12.5. The van der Waals surface area contributed by atoms with Crippen LogP contribution in [-0.4, -0.2) is 35.1 Å². The number of hydrogen-bond acceptors (Lipinski definition) is 4. The molecule has 1 amide bonds. The van der Waals surface area contributed by atoms with E-state index in [9.17, 15) is 19.5 Å². The van der Waals surface area contributed by atoms with Crippen LogP contribution in [0, 0.1) is 0 Å². The fourth-order valence-corrected chi connectivity index (χ4v) is 3.47. The minimum atomic E-state index is -1.33. The summed E-state index contributed by atoms with van der Waals surface area (Å²) in [6, 6.07) is 15.3. The van der Waals surface area contributed by atoms with Gasteiger partial charge in [0.15, 0.2) is 0 Å². The molecule has 29 heavy (non-hydrogen) atoms. The second-order valence-electron chi connectivity index (χ2n) is 7.26. The van der Waals surface area contributed by atoms with Gasteiger partial charge in [0, 0.05) is 5.56 Å². The van der Waals surface area contributed by atoms with Crippen molar-refractivity contribution in [2.45, 2.75) is 50.7 Å². The maximum absolute atomic E-state index is 12.5. The first kappa shape index (κ1) is 20.6. The zero-order chi connectivity index (χ0) is 20.6. The van der Waals surface area contributed by atoms with Crippen LogP contribution >= 0.6 is 0 Å². The van der Waals surface area contributed by atoms with Crippen LogP contribution in [0.3, 0.4) is 0 Å². The Hall–Kier alpha value is -3.15. The summed E-state index contributed by atoms with van der Waals surface area (Å²) in [5.41, 5.74) is 2.30. The summed E-state index contributed by atoms with van der Waals surface area (Å²) >= 11 is 0. The summed E-state index contributed by atoms with van der Waals surface area (Å²) in [6.07, 6.45) is 4.23. The summed E-state index contributed by atoms with van der Waals surface area (Å²) in [4.78, 5) is 36.1. The molecule has 2 aromatic carbocycles. The van der Waals surface area contributed by atoms with E-state index in [1.54, 1.807) is 24.3 Å². The van der Waals surface area contributed by atoms with Gasteiger partial charge in [0.25, 0.3) is 5.91 Å². The third-order valence-corrected chi connectivity index (χ3v) is 5.08. The van der Waals surface area contributed by atoms with Gasteiger partial charge in [-0.25, -0.2) is 4.79 Å². The molecular formula is C23H25NO5. The molecule has 1 atom stereocenters. The first-order valence-corrected chi connectivity index (χ1v) is 9.91. The van der Waals surface area contributed by atoms with Crippen LogP contribution in [0.25, 0.3) is 11.1 Å². The molecule has 0 saturated heterocycles. The van der Waals surface area contributed by atoms with Crippen molar-refractivity contribution < 1.29 is 24.2 Å². The van der Waals surface area contributed by atoms with Gasteiger partial charge < -0.3 is 15.2 Å². The fraction of sp³-hybridized carbons (Fsp3) is 0.348. The lowest BCUT2D eigenvalue weighted by atomic mass is 9.98. The number of hydrogen-bond donors (Lipinski definition) is 2. The summed E-state index contributed by atoms with van der Waals surface area (Å²) < 4.78 is 5.37. The predicted molar refractivity (Wildman–Crippen MR) is 108 cm³/mol. The largest absolute Gasteiger partial charge is 0.480 e. The summed E-state index contributed by atoms with van der Waals surface area (Å²) in [6.45, 7) is 0. The van der Waals surface area contributed by atoms with Crippen LogP contribution < -0.4 is 5.32 Å². The second-order valence-corrected chi connectivity index (χ2v) is 7.26. The van der Waals surface area contributed by atoms with Crippen LogP contribution in [0.2, 0.25) is 0 Å². The monoisotopic (exact) mass is 395 g/mol. The molecule has 1 saturated carbocycles. The molecule has 0 aliphatic heterocycles. The number of carboxylic acid groups (broad SMARTS) is 1. The standard InChI is InChI=1S/C23H25NO5/c25-21(29-19-9-5-2-6-10-19)15-20(23(27)28)24-22(26)18-13-11-17(12-14-18)16-7-3-1-4-8-16/h1,3-4,7-8,11-14,19-20H,2,5-6,9-10,15H2,(H,24,26)(H,27,28)/t20-/m0/s1. The smallest absolute Gasteiger partial charge is 0.326 e. The Labute approximate surface area is 169 Å². The highest BCUT2D eigenvalue weighted by molar-refractivity contribution is 5.97. The van der Waals surface area contributed by atoms with Gasteiger partial charge in [-0.1, -0.05) is 48.9 Å². The van der Waals surface area contributed by atoms with E-state index in [2.05, 4.69) is 5.32 Å². The van der Waals surface area contributed by atoms with Gasteiger partial charge in [-0.05, 0) is 48.9 Å². The summed E-state index contributed by atoms with van der Waals surface area (Å²) in [7, 11) is 0. The van der Waals surface area contributed by atoms with Crippen molar-refractivity contribution in [1.29, 1.82) is 0 Å². The van der Waals surface area contributed by atoms with Crippen molar-refractivity contribution in [2.75, 3.05) is 0 Å². The van der Waals surface area contributed by atoms with Gasteiger partial charge in [-0.15, -0.1) is 0 Å². The lowest BCUT2D eigenvalue weighted by Gasteiger charge is -2.22. The predicted octanol–water partition coefficient (Wildman–Crippen LogP) is 3.80. The average molecular weight is 395 g/mol. The molecular weight excluding hydrogens is 370 g/mol. The van der Waals surface area contributed by atoms with E-state index in [4.69, 9.17) is 4.74 Å². The Morgan fingerprint density at radius 2 is 1.55 bits per heavy atom.